The number of aromatic nitrogens is 4. The third kappa shape index (κ3) is 2.08. The lowest BCUT2D eigenvalue weighted by atomic mass is 10.1. The first-order valence-corrected chi connectivity index (χ1v) is 7.39. The Kier molecular flexibility index (Phi) is 2.56. The highest BCUT2D eigenvalue weighted by atomic mass is 32.2. The van der Waals surface area contributed by atoms with Crippen LogP contribution in [0.15, 0.2) is 41.7 Å². The highest BCUT2D eigenvalue weighted by Crippen LogP contribution is 2.24. The van der Waals surface area contributed by atoms with Gasteiger partial charge in [0.25, 0.3) is 0 Å². The topological polar surface area (TPSA) is 88.6 Å². The molecule has 0 unspecified atom stereocenters. The summed E-state index contributed by atoms with van der Waals surface area (Å²) in [6.45, 7) is 0. The van der Waals surface area contributed by atoms with Gasteiger partial charge in [-0.2, -0.15) is 5.10 Å². The van der Waals surface area contributed by atoms with Gasteiger partial charge >= 0.3 is 0 Å². The van der Waals surface area contributed by atoms with Crippen molar-refractivity contribution in [3.63, 3.8) is 0 Å². The first-order chi connectivity index (χ1) is 9.05. The van der Waals surface area contributed by atoms with Crippen molar-refractivity contribution >= 4 is 20.9 Å². The smallest absolute Gasteiger partial charge is 0.175 e. The molecule has 0 aliphatic heterocycles. The third-order valence-corrected chi connectivity index (χ3v) is 3.93. The minimum atomic E-state index is -3.18. The number of H-pyrrole nitrogens is 1. The molecule has 0 saturated carbocycles. The molecule has 2 aromatic heterocycles. The van der Waals surface area contributed by atoms with Crippen LogP contribution in [0.2, 0.25) is 0 Å². The summed E-state index contributed by atoms with van der Waals surface area (Å²) in [5.74, 6) is 0. The minimum Gasteiger partial charge on any atom is -0.261 e. The van der Waals surface area contributed by atoms with E-state index in [4.69, 9.17) is 0 Å². The molecule has 0 radical (unpaired) electrons. The number of nitrogens with one attached hydrogen (secondary N) is 1. The quantitative estimate of drug-likeness (QED) is 0.763. The van der Waals surface area contributed by atoms with E-state index in [0.29, 0.717) is 5.65 Å². The van der Waals surface area contributed by atoms with Crippen molar-refractivity contribution in [3.8, 4) is 11.3 Å². The summed E-state index contributed by atoms with van der Waals surface area (Å²) in [5, 5.41) is 7.49. The third-order valence-electron chi connectivity index (χ3n) is 2.80. The zero-order chi connectivity index (χ0) is 13.5. The molecule has 1 aromatic carbocycles. The molecule has 2 heterocycles. The molecule has 1 N–H and O–H groups in total. The summed E-state index contributed by atoms with van der Waals surface area (Å²) < 4.78 is 22.8. The van der Waals surface area contributed by atoms with Gasteiger partial charge in [-0.1, -0.05) is 12.1 Å². The van der Waals surface area contributed by atoms with Crippen molar-refractivity contribution in [2.75, 3.05) is 6.26 Å². The normalized spacial score (nSPS) is 11.8. The predicted octanol–water partition coefficient (Wildman–Crippen LogP) is 1.42. The van der Waals surface area contributed by atoms with E-state index >= 15 is 0 Å². The number of aromatic amines is 1. The molecule has 0 atom stereocenters. The van der Waals surface area contributed by atoms with Crippen LogP contribution in [0.1, 0.15) is 0 Å². The molecule has 7 heteroatoms. The van der Waals surface area contributed by atoms with E-state index in [0.717, 1.165) is 16.6 Å². The number of sulfone groups is 1. The molecule has 96 valence electrons. The van der Waals surface area contributed by atoms with Crippen molar-refractivity contribution < 1.29 is 8.42 Å². The molecule has 0 amide bonds. The highest BCUT2D eigenvalue weighted by molar-refractivity contribution is 7.90. The lowest BCUT2D eigenvalue weighted by molar-refractivity contribution is 0.602. The summed E-state index contributed by atoms with van der Waals surface area (Å²) in [5.41, 5.74) is 2.19. The van der Waals surface area contributed by atoms with Crippen molar-refractivity contribution in [2.24, 2.45) is 0 Å². The minimum absolute atomic E-state index is 0.286. The fraction of sp³-hybridized carbons (Fsp3) is 0.0833. The van der Waals surface area contributed by atoms with Crippen LogP contribution in [0, 0.1) is 0 Å². The van der Waals surface area contributed by atoms with Gasteiger partial charge in [-0.25, -0.2) is 18.4 Å². The average molecular weight is 274 g/mol. The number of rotatable bonds is 2. The van der Waals surface area contributed by atoms with Crippen molar-refractivity contribution in [1.29, 1.82) is 0 Å². The Labute approximate surface area is 109 Å². The number of benzene rings is 1. The largest absolute Gasteiger partial charge is 0.261 e. The highest BCUT2D eigenvalue weighted by Gasteiger charge is 2.10. The molecule has 0 saturated heterocycles. The van der Waals surface area contributed by atoms with Crippen LogP contribution in [0.5, 0.6) is 0 Å². The molecule has 0 bridgehead atoms. The van der Waals surface area contributed by atoms with Crippen LogP contribution in [0.4, 0.5) is 0 Å². The van der Waals surface area contributed by atoms with Gasteiger partial charge in [-0.3, -0.25) is 5.10 Å². The van der Waals surface area contributed by atoms with Gasteiger partial charge in [0.05, 0.1) is 22.2 Å². The van der Waals surface area contributed by atoms with Gasteiger partial charge in [0, 0.05) is 11.8 Å². The maximum absolute atomic E-state index is 11.4. The zero-order valence-electron chi connectivity index (χ0n) is 10.0. The van der Waals surface area contributed by atoms with E-state index in [-0.39, 0.29) is 4.90 Å². The molecule has 3 rings (SSSR count). The summed E-state index contributed by atoms with van der Waals surface area (Å²) in [6.07, 6.45) is 4.27. The van der Waals surface area contributed by atoms with Gasteiger partial charge in [-0.05, 0) is 12.1 Å². The van der Waals surface area contributed by atoms with E-state index in [1.54, 1.807) is 30.5 Å². The van der Waals surface area contributed by atoms with Crippen LogP contribution >= 0.6 is 0 Å². The summed E-state index contributed by atoms with van der Waals surface area (Å²) in [7, 11) is -3.18. The van der Waals surface area contributed by atoms with Crippen LogP contribution in [-0.4, -0.2) is 34.8 Å². The van der Waals surface area contributed by atoms with Crippen LogP contribution in [0.25, 0.3) is 22.3 Å². The molecular formula is C12H10N4O2S. The van der Waals surface area contributed by atoms with Gasteiger partial charge < -0.3 is 0 Å². The Morgan fingerprint density at radius 3 is 2.53 bits per heavy atom. The van der Waals surface area contributed by atoms with Crippen molar-refractivity contribution in [1.82, 2.24) is 20.2 Å². The Bertz CT molecular complexity index is 838. The molecular weight excluding hydrogens is 264 g/mol. The Morgan fingerprint density at radius 2 is 1.84 bits per heavy atom. The Hall–Kier alpha value is -2.28. The van der Waals surface area contributed by atoms with E-state index < -0.39 is 9.84 Å². The summed E-state index contributed by atoms with van der Waals surface area (Å²) in [6, 6.07) is 6.59. The van der Waals surface area contributed by atoms with Crippen LogP contribution in [-0.2, 0) is 9.84 Å². The number of hydrogen-bond acceptors (Lipinski definition) is 5. The maximum atomic E-state index is 11.4. The molecule has 0 spiro atoms. The first kappa shape index (κ1) is 11.8. The Morgan fingerprint density at radius 1 is 1.11 bits per heavy atom. The van der Waals surface area contributed by atoms with Gasteiger partial charge in [0.1, 0.15) is 6.33 Å². The standard InChI is InChI=1S/C12H10N4O2S/c1-19(17,18)9-4-2-8(3-5-9)11-10-6-15-16-12(10)14-7-13-11/h2-7H,1H3,(H,13,14,15,16). The van der Waals surface area contributed by atoms with Crippen molar-refractivity contribution in [2.45, 2.75) is 4.90 Å². The number of nitrogens with zero attached hydrogens (tertiary/aromatic N) is 3. The molecule has 3 aromatic rings. The van der Waals surface area contributed by atoms with E-state index in [9.17, 15) is 8.42 Å². The SMILES string of the molecule is CS(=O)(=O)c1ccc(-c2ncnc3[nH]ncc23)cc1. The van der Waals surface area contributed by atoms with Gasteiger partial charge in [0.2, 0.25) is 0 Å². The van der Waals surface area contributed by atoms with Crippen LogP contribution in [0.3, 0.4) is 0 Å². The lowest BCUT2D eigenvalue weighted by Crippen LogP contribution is -1.96. The second-order valence-electron chi connectivity index (χ2n) is 4.15. The first-order valence-electron chi connectivity index (χ1n) is 5.50. The second-order valence-corrected chi connectivity index (χ2v) is 6.17. The van der Waals surface area contributed by atoms with E-state index in [1.807, 2.05) is 0 Å². The fourth-order valence-electron chi connectivity index (χ4n) is 1.85. The molecule has 19 heavy (non-hydrogen) atoms. The van der Waals surface area contributed by atoms with Crippen LogP contribution < -0.4 is 0 Å². The summed E-state index contributed by atoms with van der Waals surface area (Å²) >= 11 is 0. The maximum Gasteiger partial charge on any atom is 0.175 e. The van der Waals surface area contributed by atoms with Gasteiger partial charge in [-0.15, -0.1) is 0 Å². The molecule has 0 aliphatic carbocycles. The average Bonchev–Trinajstić information content (AvgIpc) is 2.86. The van der Waals surface area contributed by atoms with Crippen molar-refractivity contribution in [3.05, 3.63) is 36.8 Å². The fourth-order valence-corrected chi connectivity index (χ4v) is 2.49. The van der Waals surface area contributed by atoms with Gasteiger partial charge in [0.15, 0.2) is 15.5 Å². The number of hydrogen-bond donors (Lipinski definition) is 1. The van der Waals surface area contributed by atoms with E-state index in [1.165, 1.54) is 12.6 Å². The molecule has 6 nitrogen and oxygen atoms in total. The monoisotopic (exact) mass is 274 g/mol. The summed E-state index contributed by atoms with van der Waals surface area (Å²) in [4.78, 5) is 8.57. The molecule has 0 fully saturated rings. The lowest BCUT2D eigenvalue weighted by Gasteiger charge is -2.03. The zero-order valence-corrected chi connectivity index (χ0v) is 10.8. The number of fused-ring (bicyclic) bond motifs is 1. The van der Waals surface area contributed by atoms with E-state index in [2.05, 4.69) is 20.2 Å². The second kappa shape index (κ2) is 4.13. The predicted molar refractivity (Wildman–Crippen MR) is 70.2 cm³/mol. The Balaban J connectivity index is 2.15. The molecule has 0 aliphatic rings.